The zero-order valence-corrected chi connectivity index (χ0v) is 12.7. The quantitative estimate of drug-likeness (QED) is 0.907. The van der Waals surface area contributed by atoms with E-state index in [1.54, 1.807) is 6.92 Å². The number of hydrogen-bond donors (Lipinski definition) is 1. The number of carboxylic acid groups (broad SMARTS) is 1. The van der Waals surface area contributed by atoms with Crippen LogP contribution in [-0.4, -0.2) is 36.9 Å². The fourth-order valence-electron chi connectivity index (χ4n) is 2.35. The fourth-order valence-corrected chi connectivity index (χ4v) is 4.42. The van der Waals surface area contributed by atoms with E-state index in [0.717, 1.165) is 4.31 Å². The van der Waals surface area contributed by atoms with Crippen molar-refractivity contribution in [3.63, 3.8) is 0 Å². The van der Waals surface area contributed by atoms with Gasteiger partial charge in [-0.05, 0) is 24.1 Å². The standard InChI is InChI=1S/C13H13ClN2O4S/c1-8-6-16(7-10(8)13(17)18)21(19,20)12-4-9(5-15)2-3-11(12)14/h2-4,8,10H,6-7H2,1H3,(H,17,18). The highest BCUT2D eigenvalue weighted by molar-refractivity contribution is 7.89. The van der Waals surface area contributed by atoms with Gasteiger partial charge in [0.2, 0.25) is 10.0 Å². The van der Waals surface area contributed by atoms with Gasteiger partial charge in [0.25, 0.3) is 0 Å². The number of carboxylic acids is 1. The Labute approximate surface area is 127 Å². The summed E-state index contributed by atoms with van der Waals surface area (Å²) < 4.78 is 26.3. The molecule has 0 amide bonds. The van der Waals surface area contributed by atoms with Crippen LogP contribution in [0.1, 0.15) is 12.5 Å². The minimum atomic E-state index is -3.91. The number of carbonyl (C=O) groups is 1. The number of benzene rings is 1. The van der Waals surface area contributed by atoms with Crippen LogP contribution in [0, 0.1) is 23.2 Å². The highest BCUT2D eigenvalue weighted by Gasteiger charge is 2.41. The van der Waals surface area contributed by atoms with Crippen molar-refractivity contribution in [2.75, 3.05) is 13.1 Å². The van der Waals surface area contributed by atoms with E-state index in [4.69, 9.17) is 22.0 Å². The topological polar surface area (TPSA) is 98.5 Å². The number of halogens is 1. The van der Waals surface area contributed by atoms with Gasteiger partial charge in [0.1, 0.15) is 4.90 Å². The summed E-state index contributed by atoms with van der Waals surface area (Å²) in [4.78, 5) is 10.9. The van der Waals surface area contributed by atoms with Crippen LogP contribution in [0.2, 0.25) is 5.02 Å². The Balaban J connectivity index is 2.40. The van der Waals surface area contributed by atoms with Crippen LogP contribution in [0.3, 0.4) is 0 Å². The lowest BCUT2D eigenvalue weighted by atomic mass is 9.99. The molecule has 1 aliphatic heterocycles. The molecule has 2 atom stereocenters. The molecule has 1 fully saturated rings. The van der Waals surface area contributed by atoms with E-state index in [1.165, 1.54) is 18.2 Å². The summed E-state index contributed by atoms with van der Waals surface area (Å²) in [6.45, 7) is 1.72. The molecule has 0 saturated carbocycles. The average Bonchev–Trinajstić information content (AvgIpc) is 2.82. The van der Waals surface area contributed by atoms with Gasteiger partial charge in [-0.1, -0.05) is 18.5 Å². The van der Waals surface area contributed by atoms with Crippen molar-refractivity contribution in [3.05, 3.63) is 28.8 Å². The molecule has 2 unspecified atom stereocenters. The highest BCUT2D eigenvalue weighted by Crippen LogP contribution is 2.32. The summed E-state index contributed by atoms with van der Waals surface area (Å²) in [5.74, 6) is -2.04. The Morgan fingerprint density at radius 3 is 2.67 bits per heavy atom. The summed E-state index contributed by atoms with van der Waals surface area (Å²) >= 11 is 5.92. The van der Waals surface area contributed by atoms with Crippen LogP contribution in [0.5, 0.6) is 0 Å². The molecule has 0 spiro atoms. The Hall–Kier alpha value is -1.62. The van der Waals surface area contributed by atoms with E-state index in [9.17, 15) is 13.2 Å². The Morgan fingerprint density at radius 1 is 1.48 bits per heavy atom. The molecule has 1 aromatic carbocycles. The minimum Gasteiger partial charge on any atom is -0.481 e. The van der Waals surface area contributed by atoms with Crippen LogP contribution in [-0.2, 0) is 14.8 Å². The van der Waals surface area contributed by atoms with Crippen LogP contribution in [0.25, 0.3) is 0 Å². The van der Waals surface area contributed by atoms with Crippen molar-refractivity contribution in [2.45, 2.75) is 11.8 Å². The number of sulfonamides is 1. The lowest BCUT2D eigenvalue weighted by molar-refractivity contribution is -0.142. The Morgan fingerprint density at radius 2 is 2.14 bits per heavy atom. The zero-order chi connectivity index (χ0) is 15.8. The molecule has 0 aliphatic carbocycles. The molecule has 6 nitrogen and oxygen atoms in total. The maximum Gasteiger partial charge on any atom is 0.308 e. The van der Waals surface area contributed by atoms with E-state index < -0.39 is 21.9 Å². The van der Waals surface area contributed by atoms with Crippen molar-refractivity contribution >= 4 is 27.6 Å². The molecule has 1 N–H and O–H groups in total. The lowest BCUT2D eigenvalue weighted by Gasteiger charge is -2.17. The highest BCUT2D eigenvalue weighted by atomic mass is 35.5. The second kappa shape index (κ2) is 5.64. The number of nitrogens with zero attached hydrogens (tertiary/aromatic N) is 2. The molecule has 1 aliphatic rings. The van der Waals surface area contributed by atoms with E-state index in [1.807, 2.05) is 6.07 Å². The van der Waals surface area contributed by atoms with Crippen molar-refractivity contribution in [1.82, 2.24) is 4.31 Å². The van der Waals surface area contributed by atoms with Gasteiger partial charge in [-0.2, -0.15) is 9.57 Å². The van der Waals surface area contributed by atoms with Gasteiger partial charge in [0.05, 0.1) is 22.6 Å². The number of nitriles is 1. The van der Waals surface area contributed by atoms with Gasteiger partial charge in [-0.15, -0.1) is 0 Å². The fraction of sp³-hybridized carbons (Fsp3) is 0.385. The van der Waals surface area contributed by atoms with Gasteiger partial charge < -0.3 is 5.11 Å². The molecule has 1 aromatic rings. The van der Waals surface area contributed by atoms with Crippen LogP contribution >= 0.6 is 11.6 Å². The molecule has 0 bridgehead atoms. The molecule has 2 rings (SSSR count). The first kappa shape index (κ1) is 15.8. The smallest absolute Gasteiger partial charge is 0.308 e. The summed E-state index contributed by atoms with van der Waals surface area (Å²) in [7, 11) is -3.91. The first-order chi connectivity index (χ1) is 9.77. The first-order valence-corrected chi connectivity index (χ1v) is 8.01. The first-order valence-electron chi connectivity index (χ1n) is 6.20. The number of aliphatic carboxylic acids is 1. The Kier molecular flexibility index (Phi) is 4.23. The number of hydrogen-bond acceptors (Lipinski definition) is 4. The number of rotatable bonds is 3. The van der Waals surface area contributed by atoms with Gasteiger partial charge in [0, 0.05) is 13.1 Å². The van der Waals surface area contributed by atoms with Crippen molar-refractivity contribution in [2.24, 2.45) is 11.8 Å². The molecule has 1 heterocycles. The normalized spacial score (nSPS) is 22.9. The van der Waals surface area contributed by atoms with Crippen molar-refractivity contribution < 1.29 is 18.3 Å². The lowest BCUT2D eigenvalue weighted by Crippen LogP contribution is -2.30. The summed E-state index contributed by atoms with van der Waals surface area (Å²) in [6.07, 6.45) is 0. The predicted molar refractivity (Wildman–Crippen MR) is 75.2 cm³/mol. The molecular formula is C13H13ClN2O4S. The molecule has 0 radical (unpaired) electrons. The predicted octanol–water partition coefficient (Wildman–Crippen LogP) is 1.55. The zero-order valence-electron chi connectivity index (χ0n) is 11.2. The molecule has 0 aromatic heterocycles. The third-order valence-electron chi connectivity index (χ3n) is 3.57. The molecule has 112 valence electrons. The minimum absolute atomic E-state index is 0.0143. The van der Waals surface area contributed by atoms with E-state index in [-0.39, 0.29) is 34.5 Å². The maximum atomic E-state index is 12.6. The molecular weight excluding hydrogens is 316 g/mol. The van der Waals surface area contributed by atoms with Gasteiger partial charge in [0.15, 0.2) is 0 Å². The van der Waals surface area contributed by atoms with E-state index in [0.29, 0.717) is 0 Å². The van der Waals surface area contributed by atoms with Gasteiger partial charge in [-0.3, -0.25) is 4.79 Å². The third-order valence-corrected chi connectivity index (χ3v) is 5.89. The van der Waals surface area contributed by atoms with E-state index >= 15 is 0 Å². The van der Waals surface area contributed by atoms with E-state index in [2.05, 4.69) is 0 Å². The van der Waals surface area contributed by atoms with Gasteiger partial charge in [-0.25, -0.2) is 8.42 Å². The third kappa shape index (κ3) is 2.88. The van der Waals surface area contributed by atoms with Gasteiger partial charge >= 0.3 is 5.97 Å². The summed E-state index contributed by atoms with van der Waals surface area (Å²) in [5.41, 5.74) is 0.181. The second-order valence-electron chi connectivity index (χ2n) is 5.00. The van der Waals surface area contributed by atoms with Crippen LogP contribution < -0.4 is 0 Å². The maximum absolute atomic E-state index is 12.6. The van der Waals surface area contributed by atoms with Crippen molar-refractivity contribution in [3.8, 4) is 6.07 Å². The van der Waals surface area contributed by atoms with Crippen molar-refractivity contribution in [1.29, 1.82) is 5.26 Å². The molecule has 1 saturated heterocycles. The molecule has 8 heteroatoms. The van der Waals surface area contributed by atoms with Crippen LogP contribution in [0.15, 0.2) is 23.1 Å². The second-order valence-corrected chi connectivity index (χ2v) is 7.31. The SMILES string of the molecule is CC1CN(S(=O)(=O)c2cc(C#N)ccc2Cl)CC1C(=O)O. The largest absolute Gasteiger partial charge is 0.481 e. The monoisotopic (exact) mass is 328 g/mol. The summed E-state index contributed by atoms with van der Waals surface area (Å²) in [6, 6.07) is 5.84. The van der Waals surface area contributed by atoms with Crippen LogP contribution in [0.4, 0.5) is 0 Å². The average molecular weight is 329 g/mol. The summed E-state index contributed by atoms with van der Waals surface area (Å²) in [5, 5.41) is 18.0. The molecule has 21 heavy (non-hydrogen) atoms. The Bertz CT molecular complexity index is 726.